The fourth-order valence-corrected chi connectivity index (χ4v) is 5.55. The van der Waals surface area contributed by atoms with E-state index in [1.165, 1.54) is 6.42 Å². The molecule has 1 atom stereocenters. The van der Waals surface area contributed by atoms with Gasteiger partial charge in [0.15, 0.2) is 0 Å². The Labute approximate surface area is 876 Å². The molecule has 0 aliphatic carbocycles. The van der Waals surface area contributed by atoms with Crippen LogP contribution in [0.25, 0.3) is 5.41 Å². The molecule has 0 saturated heterocycles. The fraction of sp³-hybridized carbons (Fsp3) is 0.382. The summed E-state index contributed by atoms with van der Waals surface area (Å²) < 4.78 is 0. The number of aromatic nitrogens is 9. The average molecular weight is 2160 g/mol. The summed E-state index contributed by atoms with van der Waals surface area (Å²) in [4.78, 5) is 68.6. The molecule has 9 heterocycles. The zero-order valence-corrected chi connectivity index (χ0v) is 89.7. The molecule has 754 valence electrons. The van der Waals surface area contributed by atoms with E-state index >= 15 is 0 Å². The molecule has 0 spiro atoms. The van der Waals surface area contributed by atoms with Gasteiger partial charge in [-0.3, -0.25) is 39.9 Å². The Kier molecular flexibility index (Phi) is 194. The molecule has 18 nitrogen and oxygen atoms in total. The van der Waals surface area contributed by atoms with Gasteiger partial charge in [-0.2, -0.15) is 61.5 Å². The molecule has 0 N–H and O–H groups in total. The van der Waals surface area contributed by atoms with Gasteiger partial charge in [0.05, 0.1) is 0 Å². The molecule has 0 radical (unpaired) electrons. The van der Waals surface area contributed by atoms with Crippen LogP contribution in [-0.4, -0.2) is 108 Å². The zero-order valence-electron chi connectivity index (χ0n) is 80.8. The van der Waals surface area contributed by atoms with E-state index in [2.05, 4.69) is 241 Å². The van der Waals surface area contributed by atoms with E-state index in [4.69, 9.17) is 5.41 Å². The van der Waals surface area contributed by atoms with Crippen molar-refractivity contribution < 1.29 is 148 Å². The molecular formula is C102H158N18Ni9-8. The molecule has 0 aliphatic rings. The molecule has 0 amide bonds. The number of aliphatic imine (C=N–C) groups is 8. The van der Waals surface area contributed by atoms with Gasteiger partial charge in [-0.15, -0.1) is 105 Å². The van der Waals surface area contributed by atoms with E-state index in [1.807, 2.05) is 198 Å². The molecule has 129 heavy (non-hydrogen) atoms. The van der Waals surface area contributed by atoms with E-state index in [9.17, 15) is 0 Å². The summed E-state index contributed by atoms with van der Waals surface area (Å²) >= 11 is 0. The first-order valence-electron chi connectivity index (χ1n) is 41.7. The minimum Gasteiger partial charge on any atom is -0.812 e. The molecule has 0 saturated carbocycles. The molecule has 9 aromatic rings. The van der Waals surface area contributed by atoms with Crippen LogP contribution in [0.2, 0.25) is 0 Å². The minimum atomic E-state index is 0. The molecule has 27 heteroatoms. The summed E-state index contributed by atoms with van der Waals surface area (Å²) in [6, 6.07) is 35.0. The van der Waals surface area contributed by atoms with Crippen molar-refractivity contribution in [3.8, 4) is 0 Å². The second-order valence-electron chi connectivity index (χ2n) is 24.3. The first-order chi connectivity index (χ1) is 58.2. The number of unbranched alkanes of at least 4 members (excludes halogenated alkanes) is 1. The van der Waals surface area contributed by atoms with Crippen LogP contribution in [0.5, 0.6) is 0 Å². The molecule has 0 fully saturated rings. The second kappa shape index (κ2) is 152. The van der Waals surface area contributed by atoms with Crippen molar-refractivity contribution in [2.24, 2.45) is 45.9 Å². The maximum Gasteiger partial charge on any atom is 2.00 e. The van der Waals surface area contributed by atoms with Crippen LogP contribution in [0.4, 0.5) is 0 Å². The average Bonchev–Trinajstić information content (AvgIpc) is 1.84. The van der Waals surface area contributed by atoms with Crippen LogP contribution in [0.15, 0.2) is 319 Å². The van der Waals surface area contributed by atoms with E-state index in [0.29, 0.717) is 23.7 Å². The van der Waals surface area contributed by atoms with Crippen LogP contribution in [-0.2, 0) is 148 Å². The standard InChI is InChI=1S/3C9H13N2.2C8H11N2.C7H9N2.2C6H7N2.C5H4N2.8C4H8.C3H6.9Ni/c1-8(2)6-10-7-9-4-3-5-11-9;1-3-8(2)11-7-9-5-4-6-10-9;1-2-3-6-10-8-9-5-4-7-11-9;1-7(2)10-6-8-4-3-5-9-8;1-2-5-9-7-8-4-3-6-10-8;1-2-8-6-7-4-3-5-9-7;2*1-7-5-6-3-2-4-8-6;6-4-5-2-1-3-7-5;8*1-3-4-2;1-3-2;;;;;;;;;/h3-5,7-8H,6H2,1-2H3;4-8H,3H2,1-2H3;4-5,7-8H,2-3,6H2,1H3;3-7H,1-2H3;3-4,6-7H,2,5H2,1H3;3-6H,2H2,1H3;2*2-5H,1H3;1-4H;8*3H,1,4H2,2H3;3H,1H2,2H3;;;;;;;;;/q8*-1;-2;;;;;;;;;;;;;;;;;;+2. The van der Waals surface area contributed by atoms with Crippen LogP contribution in [0, 0.1) is 5.92 Å². The van der Waals surface area contributed by atoms with Crippen molar-refractivity contribution in [3.63, 3.8) is 0 Å². The first kappa shape index (κ1) is 165. The van der Waals surface area contributed by atoms with Crippen LogP contribution in [0.3, 0.4) is 0 Å². The van der Waals surface area contributed by atoms with Crippen molar-refractivity contribution in [1.82, 2.24) is 44.9 Å². The van der Waals surface area contributed by atoms with Crippen molar-refractivity contribution in [2.75, 3.05) is 40.3 Å². The Morgan fingerprint density at radius 2 is 0.527 bits per heavy atom. The number of hydrogen-bond donors (Lipinski definition) is 0. The summed E-state index contributed by atoms with van der Waals surface area (Å²) in [6.45, 7) is 72.0. The van der Waals surface area contributed by atoms with Gasteiger partial charge in [0, 0.05) is 234 Å². The van der Waals surface area contributed by atoms with Crippen LogP contribution in [0.1, 0.15) is 253 Å². The number of allylic oxidation sites excluding steroid dienone is 9. The largest absolute Gasteiger partial charge is 2.00 e. The van der Waals surface area contributed by atoms with Gasteiger partial charge in [-0.1, -0.05) is 260 Å². The van der Waals surface area contributed by atoms with Crippen molar-refractivity contribution in [1.29, 1.82) is 0 Å². The fourth-order valence-electron chi connectivity index (χ4n) is 5.55. The second-order valence-corrected chi connectivity index (χ2v) is 24.3. The summed E-state index contributed by atoms with van der Waals surface area (Å²) in [7, 11) is 3.46. The molecule has 1 unspecified atom stereocenters. The van der Waals surface area contributed by atoms with E-state index in [1.54, 1.807) is 113 Å². The Bertz CT molecular complexity index is 3490. The molecule has 9 rings (SSSR count). The van der Waals surface area contributed by atoms with Crippen LogP contribution < -0.4 is 44.9 Å². The van der Waals surface area contributed by atoms with Gasteiger partial charge in [-0.25, -0.2) is 6.21 Å². The SMILES string of the molecule is C=CC.C=CCC.C=CCC.C=CCC.C=CCC.C=CCC.C=CCC.C=CCC.C=CCC.CC(C)CN=Cc1ccc[n-]1.CC(C)N=Cc1ccc[n-]1.CCC(C)N=Cc1ccc[n-]1.CCCCN=Cc1ccc[n-]1.CCCN=Cc1ccc[n-]1.CCN=Cc1ccc[n-]1.CN=Cc1ccc[n-]1.CN=Cc1ccc[n-]1.[N-]=Cc1ccc[n-]1.[Ni+2].[Ni].[Ni].[Ni].[Ni].[Ni].[Ni].[Ni].[Ni]. The molecule has 0 bridgehead atoms. The normalized spacial score (nSPS) is 9.04. The Morgan fingerprint density at radius 3 is 0.705 bits per heavy atom. The number of hydrogen-bond acceptors (Lipinski definition) is 8. The van der Waals surface area contributed by atoms with Gasteiger partial charge in [0.1, 0.15) is 0 Å². The van der Waals surface area contributed by atoms with Crippen molar-refractivity contribution in [3.05, 3.63) is 336 Å². The van der Waals surface area contributed by atoms with Crippen molar-refractivity contribution in [2.45, 2.75) is 214 Å². The van der Waals surface area contributed by atoms with Crippen molar-refractivity contribution >= 4 is 55.9 Å². The summed E-state index contributed by atoms with van der Waals surface area (Å²) in [5, 5.41) is 8.24. The Balaban J connectivity index is -0.0000000638. The molecule has 9 aromatic heterocycles. The molecule has 0 aromatic carbocycles. The molecular weight excluding hydrogens is 2010 g/mol. The van der Waals surface area contributed by atoms with Gasteiger partial charge in [-0.05, 0) is 111 Å². The van der Waals surface area contributed by atoms with Gasteiger partial charge >= 0.3 is 16.5 Å². The van der Waals surface area contributed by atoms with Crippen LogP contribution >= 0.6 is 0 Å². The third kappa shape index (κ3) is 155. The van der Waals surface area contributed by atoms with Gasteiger partial charge < -0.3 is 50.3 Å². The monoisotopic (exact) mass is 2160 g/mol. The Morgan fingerprint density at radius 1 is 0.310 bits per heavy atom. The third-order valence-electron chi connectivity index (χ3n) is 12.3. The minimum absolute atomic E-state index is 0. The molecule has 0 aliphatic heterocycles. The maximum absolute atomic E-state index is 8.24. The third-order valence-corrected chi connectivity index (χ3v) is 12.3. The van der Waals surface area contributed by atoms with E-state index < -0.39 is 0 Å². The van der Waals surface area contributed by atoms with Gasteiger partial charge in [0.25, 0.3) is 0 Å². The zero-order chi connectivity index (χ0) is 92.1. The first-order valence-corrected chi connectivity index (χ1v) is 41.7. The predicted molar refractivity (Wildman–Crippen MR) is 539 cm³/mol. The quantitative estimate of drug-likeness (QED) is 0.0195. The Hall–Kier alpha value is -7.35. The topological polar surface area (TPSA) is 248 Å². The van der Waals surface area contributed by atoms with E-state index in [0.717, 1.165) is 149 Å². The van der Waals surface area contributed by atoms with E-state index in [-0.39, 0.29) is 148 Å². The predicted octanol–water partition coefficient (Wildman–Crippen LogP) is 25.3. The summed E-state index contributed by atoms with van der Waals surface area (Å²) in [6.07, 6.45) is 61.0. The number of rotatable bonds is 28. The number of nitrogens with zero attached hydrogens (tertiary/aromatic N) is 18. The summed E-state index contributed by atoms with van der Waals surface area (Å²) in [5.74, 6) is 0.626. The smallest absolute Gasteiger partial charge is 0.812 e. The van der Waals surface area contributed by atoms with Gasteiger partial charge in [0.2, 0.25) is 0 Å². The summed E-state index contributed by atoms with van der Waals surface area (Å²) in [5.41, 5.74) is 8.15. The maximum atomic E-state index is 8.24.